The molecule has 0 aliphatic carbocycles. The highest BCUT2D eigenvalue weighted by molar-refractivity contribution is 5.80. The van der Waals surface area contributed by atoms with Crippen molar-refractivity contribution >= 4 is 17.0 Å². The Morgan fingerprint density at radius 2 is 2.18 bits per heavy atom. The molecule has 0 aliphatic rings. The molecule has 0 saturated carbocycles. The lowest BCUT2D eigenvalue weighted by atomic mass is 10.1. The van der Waals surface area contributed by atoms with Crippen molar-refractivity contribution in [2.24, 2.45) is 0 Å². The van der Waals surface area contributed by atoms with Crippen molar-refractivity contribution in [1.82, 2.24) is 15.0 Å². The highest BCUT2D eigenvalue weighted by atomic mass is 16.5. The summed E-state index contributed by atoms with van der Waals surface area (Å²) in [6, 6.07) is 5.29. The zero-order valence-corrected chi connectivity index (χ0v) is 12.3. The van der Waals surface area contributed by atoms with Gasteiger partial charge < -0.3 is 19.6 Å². The van der Waals surface area contributed by atoms with Crippen molar-refractivity contribution < 1.29 is 14.3 Å². The summed E-state index contributed by atoms with van der Waals surface area (Å²) in [6.45, 7) is 2.43. The van der Waals surface area contributed by atoms with Gasteiger partial charge in [0.1, 0.15) is 6.33 Å². The van der Waals surface area contributed by atoms with Crippen LogP contribution in [0, 0.1) is 6.92 Å². The van der Waals surface area contributed by atoms with Crippen molar-refractivity contribution in [3.8, 4) is 11.5 Å². The Morgan fingerprint density at radius 3 is 3.00 bits per heavy atom. The van der Waals surface area contributed by atoms with Crippen LogP contribution in [0.3, 0.4) is 0 Å². The van der Waals surface area contributed by atoms with Gasteiger partial charge in [0.15, 0.2) is 28.7 Å². The predicted octanol–water partition coefficient (Wildman–Crippen LogP) is 2.30. The summed E-state index contributed by atoms with van der Waals surface area (Å²) in [7, 11) is 1.53. The topological polar surface area (TPSA) is 93.3 Å². The molecule has 0 saturated heterocycles. The average Bonchev–Trinajstić information content (AvgIpc) is 2.90. The van der Waals surface area contributed by atoms with Crippen LogP contribution in [0.2, 0.25) is 0 Å². The number of phenols is 1. The molecule has 0 aliphatic heterocycles. The third-order valence-corrected chi connectivity index (χ3v) is 3.25. The van der Waals surface area contributed by atoms with Crippen molar-refractivity contribution in [3.05, 3.63) is 36.0 Å². The van der Waals surface area contributed by atoms with Crippen molar-refractivity contribution in [2.75, 3.05) is 19.0 Å². The third kappa shape index (κ3) is 2.78. The van der Waals surface area contributed by atoms with Gasteiger partial charge >= 0.3 is 0 Å². The summed E-state index contributed by atoms with van der Waals surface area (Å²) in [5, 5.41) is 12.8. The summed E-state index contributed by atoms with van der Waals surface area (Å²) >= 11 is 0. The highest BCUT2D eigenvalue weighted by Crippen LogP contribution is 2.26. The number of rotatable bonds is 5. The number of hydrogen-bond donors (Lipinski definition) is 2. The molecule has 2 N–H and O–H groups in total. The van der Waals surface area contributed by atoms with E-state index in [0.29, 0.717) is 35.2 Å². The molecule has 1 aromatic carbocycles. The minimum atomic E-state index is 0.134. The van der Waals surface area contributed by atoms with Gasteiger partial charge in [-0.1, -0.05) is 6.07 Å². The molecule has 3 rings (SSSR count). The van der Waals surface area contributed by atoms with Gasteiger partial charge in [-0.05, 0) is 24.1 Å². The maximum Gasteiger partial charge on any atom is 0.252 e. The molecule has 3 aromatic rings. The predicted molar refractivity (Wildman–Crippen MR) is 81.2 cm³/mol. The molecule has 22 heavy (non-hydrogen) atoms. The minimum absolute atomic E-state index is 0.134. The Hall–Kier alpha value is -2.83. The second-order valence-corrected chi connectivity index (χ2v) is 4.79. The zero-order chi connectivity index (χ0) is 15.5. The van der Waals surface area contributed by atoms with E-state index in [0.717, 1.165) is 12.0 Å². The van der Waals surface area contributed by atoms with Crippen LogP contribution in [0.5, 0.6) is 11.5 Å². The SMILES string of the molecule is COc1cc(CCNc2ncnc3oc(C)nc23)ccc1O. The second-order valence-electron chi connectivity index (χ2n) is 4.79. The Labute approximate surface area is 127 Å². The van der Waals surface area contributed by atoms with Crippen molar-refractivity contribution in [3.63, 3.8) is 0 Å². The smallest absolute Gasteiger partial charge is 0.252 e. The molecular formula is C15H16N4O3. The monoisotopic (exact) mass is 300 g/mol. The molecule has 0 amide bonds. The number of aromatic hydroxyl groups is 1. The van der Waals surface area contributed by atoms with Gasteiger partial charge in [0.05, 0.1) is 7.11 Å². The van der Waals surface area contributed by atoms with Gasteiger partial charge in [-0.3, -0.25) is 0 Å². The van der Waals surface area contributed by atoms with E-state index >= 15 is 0 Å². The Bertz CT molecular complexity index is 801. The molecule has 7 heteroatoms. The lowest BCUT2D eigenvalue weighted by molar-refractivity contribution is 0.373. The second kappa shape index (κ2) is 5.88. The zero-order valence-electron chi connectivity index (χ0n) is 12.3. The number of fused-ring (bicyclic) bond motifs is 1. The molecule has 0 bridgehead atoms. The van der Waals surface area contributed by atoms with Crippen LogP contribution < -0.4 is 10.1 Å². The first kappa shape index (κ1) is 14.1. The summed E-state index contributed by atoms with van der Waals surface area (Å²) < 4.78 is 10.5. The van der Waals surface area contributed by atoms with E-state index < -0.39 is 0 Å². The molecule has 0 unspecified atom stereocenters. The Kier molecular flexibility index (Phi) is 3.78. The van der Waals surface area contributed by atoms with Gasteiger partial charge in [0, 0.05) is 13.5 Å². The molecule has 2 heterocycles. The van der Waals surface area contributed by atoms with Crippen LogP contribution in [0.25, 0.3) is 11.2 Å². The van der Waals surface area contributed by atoms with Crippen LogP contribution in [0.4, 0.5) is 5.82 Å². The first-order chi connectivity index (χ1) is 10.7. The number of ether oxygens (including phenoxy) is 1. The minimum Gasteiger partial charge on any atom is -0.504 e. The van der Waals surface area contributed by atoms with E-state index in [1.165, 1.54) is 13.4 Å². The lowest BCUT2D eigenvalue weighted by Crippen LogP contribution is -2.07. The van der Waals surface area contributed by atoms with E-state index in [4.69, 9.17) is 9.15 Å². The number of nitrogens with one attached hydrogen (secondary N) is 1. The number of hydrogen-bond acceptors (Lipinski definition) is 7. The fraction of sp³-hybridized carbons (Fsp3) is 0.267. The first-order valence-electron chi connectivity index (χ1n) is 6.85. The summed E-state index contributed by atoms with van der Waals surface area (Å²) in [4.78, 5) is 12.5. The van der Waals surface area contributed by atoms with E-state index in [2.05, 4.69) is 20.3 Å². The number of aromatic nitrogens is 3. The number of aryl methyl sites for hydroxylation is 1. The quantitative estimate of drug-likeness (QED) is 0.746. The number of nitrogens with zero attached hydrogens (tertiary/aromatic N) is 3. The molecular weight excluding hydrogens is 284 g/mol. The number of oxazole rings is 1. The Balaban J connectivity index is 1.70. The van der Waals surface area contributed by atoms with Crippen molar-refractivity contribution in [1.29, 1.82) is 0 Å². The van der Waals surface area contributed by atoms with Crippen LogP contribution in [-0.2, 0) is 6.42 Å². The maximum absolute atomic E-state index is 9.58. The molecule has 0 fully saturated rings. The van der Waals surface area contributed by atoms with Crippen LogP contribution in [0.1, 0.15) is 11.5 Å². The summed E-state index contributed by atoms with van der Waals surface area (Å²) in [5.74, 6) is 1.80. The number of benzene rings is 1. The van der Waals surface area contributed by atoms with Gasteiger partial charge in [-0.25, -0.2) is 9.97 Å². The molecule has 0 radical (unpaired) electrons. The summed E-state index contributed by atoms with van der Waals surface area (Å²) in [6.07, 6.45) is 2.19. The number of anilines is 1. The van der Waals surface area contributed by atoms with E-state index in [1.807, 2.05) is 12.1 Å². The normalized spacial score (nSPS) is 10.8. The van der Waals surface area contributed by atoms with Gasteiger partial charge in [0.2, 0.25) is 0 Å². The fourth-order valence-corrected chi connectivity index (χ4v) is 2.19. The number of phenolic OH excluding ortho intramolecular Hbond substituents is 1. The van der Waals surface area contributed by atoms with E-state index in [1.54, 1.807) is 13.0 Å². The van der Waals surface area contributed by atoms with Crippen molar-refractivity contribution in [2.45, 2.75) is 13.3 Å². The fourth-order valence-electron chi connectivity index (χ4n) is 2.19. The van der Waals surface area contributed by atoms with Gasteiger partial charge in [-0.15, -0.1) is 0 Å². The molecule has 0 spiro atoms. The lowest BCUT2D eigenvalue weighted by Gasteiger charge is -2.08. The molecule has 0 atom stereocenters. The molecule has 7 nitrogen and oxygen atoms in total. The van der Waals surface area contributed by atoms with Crippen LogP contribution >= 0.6 is 0 Å². The van der Waals surface area contributed by atoms with Gasteiger partial charge in [-0.2, -0.15) is 4.98 Å². The third-order valence-electron chi connectivity index (χ3n) is 3.25. The maximum atomic E-state index is 9.58. The van der Waals surface area contributed by atoms with Crippen LogP contribution in [-0.4, -0.2) is 33.7 Å². The molecule has 114 valence electrons. The number of methoxy groups -OCH3 is 1. The highest BCUT2D eigenvalue weighted by Gasteiger charge is 2.09. The Morgan fingerprint density at radius 1 is 1.32 bits per heavy atom. The van der Waals surface area contributed by atoms with E-state index in [-0.39, 0.29) is 5.75 Å². The standard InChI is InChI=1S/C15H16N4O3/c1-9-19-13-14(17-8-18-15(13)22-9)16-6-5-10-3-4-11(20)12(7-10)21-2/h3-4,7-8,20H,5-6H2,1-2H3,(H,16,17,18). The first-order valence-corrected chi connectivity index (χ1v) is 6.85. The largest absolute Gasteiger partial charge is 0.504 e. The van der Waals surface area contributed by atoms with Crippen LogP contribution in [0.15, 0.2) is 28.9 Å². The average molecular weight is 300 g/mol. The van der Waals surface area contributed by atoms with E-state index in [9.17, 15) is 5.11 Å². The summed E-state index contributed by atoms with van der Waals surface area (Å²) in [5.41, 5.74) is 2.15. The molecule has 2 aromatic heterocycles. The van der Waals surface area contributed by atoms with Gasteiger partial charge in [0.25, 0.3) is 5.71 Å².